The first-order valence-corrected chi connectivity index (χ1v) is 19.5. The smallest absolute Gasteiger partial charge is 0.306 e. The fourth-order valence-electron chi connectivity index (χ4n) is 4.77. The lowest BCUT2D eigenvalue weighted by molar-refractivity contribution is -0.154. The minimum Gasteiger partial charge on any atom is -0.457 e. The predicted octanol–water partition coefficient (Wildman–Crippen LogP) is 12.8. The number of carbonyl (C=O) groups excluding carboxylic acids is 1. The normalized spacial score (nSPS) is 13.6. The number of rotatable bonds is 34. The third-order valence-electron chi connectivity index (χ3n) is 7.59. The summed E-state index contributed by atoms with van der Waals surface area (Å²) in [5.41, 5.74) is 0. The quantitative estimate of drug-likeness (QED) is 0.0419. The number of unbranched alkanes of at least 4 members (excludes halogenated alkanes) is 8. The van der Waals surface area contributed by atoms with Crippen LogP contribution in [0.1, 0.15) is 142 Å². The first-order chi connectivity index (χ1) is 24.2. The number of carbonyl (C=O) groups is 1. The maximum Gasteiger partial charge on any atom is 0.306 e. The van der Waals surface area contributed by atoms with Gasteiger partial charge in [0.1, 0.15) is 6.10 Å². The van der Waals surface area contributed by atoms with Crippen molar-refractivity contribution in [1.29, 1.82) is 0 Å². The summed E-state index contributed by atoms with van der Waals surface area (Å²) >= 11 is 0. The van der Waals surface area contributed by atoms with Crippen molar-refractivity contribution in [1.82, 2.24) is 0 Å². The molecule has 0 amide bonds. The fraction of sp³-hybridized carbons (Fsp3) is 0.578. The van der Waals surface area contributed by atoms with Crippen molar-refractivity contribution in [3.05, 3.63) is 109 Å². The van der Waals surface area contributed by atoms with Crippen LogP contribution < -0.4 is 0 Å². The highest BCUT2D eigenvalue weighted by molar-refractivity contribution is 5.69. The van der Waals surface area contributed by atoms with Crippen LogP contribution >= 0.6 is 0 Å². The van der Waals surface area contributed by atoms with Gasteiger partial charge in [0.15, 0.2) is 0 Å². The zero-order chi connectivity index (χ0) is 35.6. The van der Waals surface area contributed by atoms with E-state index in [0.29, 0.717) is 13.0 Å². The van der Waals surface area contributed by atoms with Gasteiger partial charge in [-0.25, -0.2) is 0 Å². The highest BCUT2D eigenvalue weighted by atomic mass is 16.6. The van der Waals surface area contributed by atoms with Crippen molar-refractivity contribution in [3.8, 4) is 0 Å². The van der Waals surface area contributed by atoms with Crippen molar-refractivity contribution in [2.75, 3.05) is 19.8 Å². The van der Waals surface area contributed by atoms with Crippen LogP contribution in [0.5, 0.6) is 0 Å². The van der Waals surface area contributed by atoms with Crippen molar-refractivity contribution in [2.45, 2.75) is 148 Å². The van der Waals surface area contributed by atoms with Crippen LogP contribution in [-0.2, 0) is 14.3 Å². The molecule has 0 aliphatic carbocycles. The number of allylic oxidation sites excluding steroid dienone is 18. The van der Waals surface area contributed by atoms with Gasteiger partial charge in [0.25, 0.3) is 0 Å². The Morgan fingerprint density at radius 1 is 0.490 bits per heavy atom. The van der Waals surface area contributed by atoms with Gasteiger partial charge in [-0.3, -0.25) is 4.79 Å². The third-order valence-corrected chi connectivity index (χ3v) is 7.59. The summed E-state index contributed by atoms with van der Waals surface area (Å²) in [6, 6.07) is 0. The molecule has 49 heavy (non-hydrogen) atoms. The van der Waals surface area contributed by atoms with Gasteiger partial charge < -0.3 is 14.6 Å². The van der Waals surface area contributed by atoms with E-state index in [1.54, 1.807) is 0 Å². The monoisotopic (exact) mass is 677 g/mol. The van der Waals surface area contributed by atoms with Gasteiger partial charge in [-0.2, -0.15) is 0 Å². The number of hydrogen-bond donors (Lipinski definition) is 1. The first-order valence-electron chi connectivity index (χ1n) is 19.5. The van der Waals surface area contributed by atoms with Gasteiger partial charge in [-0.1, -0.05) is 155 Å². The molecule has 0 radical (unpaired) electrons. The molecule has 0 spiro atoms. The zero-order valence-corrected chi connectivity index (χ0v) is 31.4. The van der Waals surface area contributed by atoms with E-state index < -0.39 is 6.10 Å². The molecule has 276 valence electrons. The lowest BCUT2D eigenvalue weighted by Gasteiger charge is -2.15. The van der Waals surface area contributed by atoms with E-state index in [-0.39, 0.29) is 19.2 Å². The molecule has 0 aliphatic heterocycles. The molecule has 4 nitrogen and oxygen atoms in total. The summed E-state index contributed by atoms with van der Waals surface area (Å²) in [5.74, 6) is -0.236. The van der Waals surface area contributed by atoms with Gasteiger partial charge in [0, 0.05) is 13.0 Å². The van der Waals surface area contributed by atoms with E-state index in [9.17, 15) is 9.90 Å². The second-order valence-corrected chi connectivity index (χ2v) is 12.2. The molecule has 0 heterocycles. The maximum absolute atomic E-state index is 12.2. The van der Waals surface area contributed by atoms with Crippen molar-refractivity contribution < 1.29 is 19.4 Å². The van der Waals surface area contributed by atoms with Crippen LogP contribution in [0, 0.1) is 0 Å². The Morgan fingerprint density at radius 2 is 0.857 bits per heavy atom. The fourth-order valence-corrected chi connectivity index (χ4v) is 4.77. The Balaban J connectivity index is 3.63. The second kappa shape index (κ2) is 41.2. The molecule has 1 N–H and O–H groups in total. The lowest BCUT2D eigenvalue weighted by atomic mass is 10.1. The summed E-state index contributed by atoms with van der Waals surface area (Å²) in [6.45, 7) is 4.94. The molecule has 0 aromatic heterocycles. The molecule has 0 aromatic rings. The van der Waals surface area contributed by atoms with E-state index in [0.717, 1.165) is 96.3 Å². The summed E-state index contributed by atoms with van der Waals surface area (Å²) < 4.78 is 11.1. The standard InChI is InChI=1S/C45H72O4/c1-3-5-7-9-11-13-15-17-19-21-22-23-25-27-29-31-33-35-37-39-41-48-43-44(42-46)49-45(47)40-38-36-34-32-30-28-26-24-20-18-16-14-12-10-8-6-4-2/h5-8,11-14,17-20,22-23,27,29,33,35,44,46H,3-4,9-10,15-16,21,24-26,28,30-32,34,36-43H2,1-2H3/b7-5-,8-6-,13-11-,14-12-,19-17-,20-18-,23-22-,29-27-,35-33-. The molecule has 0 saturated carbocycles. The largest absolute Gasteiger partial charge is 0.457 e. The van der Waals surface area contributed by atoms with Crippen LogP contribution in [0.3, 0.4) is 0 Å². The number of ether oxygens (including phenoxy) is 2. The SMILES string of the molecule is CC/C=C\C/C=C\C/C=C\C/C=C\C/C=C\C/C=C\CCCOCC(CO)OC(=O)CCCCCCCCC/C=C\C/C=C\C/C=C\CC. The van der Waals surface area contributed by atoms with E-state index in [4.69, 9.17) is 9.47 Å². The molecular formula is C45H72O4. The van der Waals surface area contributed by atoms with E-state index in [1.165, 1.54) is 25.7 Å². The van der Waals surface area contributed by atoms with Gasteiger partial charge in [0.05, 0.1) is 13.2 Å². The average molecular weight is 677 g/mol. The van der Waals surface area contributed by atoms with Crippen LogP contribution in [0.25, 0.3) is 0 Å². The molecule has 0 aliphatic rings. The number of aliphatic hydroxyl groups excluding tert-OH is 1. The molecule has 0 rings (SSSR count). The highest BCUT2D eigenvalue weighted by Crippen LogP contribution is 2.11. The Hall–Kier alpha value is -2.95. The molecule has 0 aromatic carbocycles. The molecule has 0 fully saturated rings. The summed E-state index contributed by atoms with van der Waals surface area (Å²) in [7, 11) is 0. The average Bonchev–Trinajstić information content (AvgIpc) is 3.11. The minimum absolute atomic E-state index is 0.207. The highest BCUT2D eigenvalue weighted by Gasteiger charge is 2.13. The third kappa shape index (κ3) is 39.4. The predicted molar refractivity (Wildman–Crippen MR) is 214 cm³/mol. The van der Waals surface area contributed by atoms with Gasteiger partial charge in [0.2, 0.25) is 0 Å². The molecule has 0 bridgehead atoms. The Labute approximate surface area is 302 Å². The second-order valence-electron chi connectivity index (χ2n) is 12.2. The Morgan fingerprint density at radius 3 is 1.29 bits per heavy atom. The van der Waals surface area contributed by atoms with E-state index in [2.05, 4.69) is 123 Å². The van der Waals surface area contributed by atoms with Crippen LogP contribution in [0.15, 0.2) is 109 Å². The first kappa shape index (κ1) is 46.0. The summed E-state index contributed by atoms with van der Waals surface area (Å²) in [5, 5.41) is 9.57. The Bertz CT molecular complexity index is 976. The number of aliphatic hydroxyl groups is 1. The maximum atomic E-state index is 12.2. The van der Waals surface area contributed by atoms with Crippen molar-refractivity contribution in [2.24, 2.45) is 0 Å². The Kier molecular flexibility index (Phi) is 38.7. The van der Waals surface area contributed by atoms with Crippen LogP contribution in [-0.4, -0.2) is 37.0 Å². The molecule has 4 heteroatoms. The van der Waals surface area contributed by atoms with Crippen LogP contribution in [0.4, 0.5) is 0 Å². The molecule has 0 saturated heterocycles. The van der Waals surface area contributed by atoms with Gasteiger partial charge >= 0.3 is 5.97 Å². The van der Waals surface area contributed by atoms with Crippen LogP contribution in [0.2, 0.25) is 0 Å². The number of esters is 1. The van der Waals surface area contributed by atoms with Gasteiger partial charge in [-0.05, 0) is 89.9 Å². The van der Waals surface area contributed by atoms with E-state index >= 15 is 0 Å². The summed E-state index contributed by atoms with van der Waals surface area (Å²) in [6.07, 6.45) is 60.0. The molecule has 1 unspecified atom stereocenters. The summed E-state index contributed by atoms with van der Waals surface area (Å²) in [4.78, 5) is 12.2. The van der Waals surface area contributed by atoms with Crippen molar-refractivity contribution in [3.63, 3.8) is 0 Å². The van der Waals surface area contributed by atoms with Gasteiger partial charge in [-0.15, -0.1) is 0 Å². The zero-order valence-electron chi connectivity index (χ0n) is 31.4. The minimum atomic E-state index is -0.577. The van der Waals surface area contributed by atoms with Crippen molar-refractivity contribution >= 4 is 5.97 Å². The number of hydrogen-bond acceptors (Lipinski definition) is 4. The lowest BCUT2D eigenvalue weighted by Crippen LogP contribution is -2.27. The van der Waals surface area contributed by atoms with E-state index in [1.807, 2.05) is 0 Å². The molecular weight excluding hydrogens is 604 g/mol. The molecule has 1 atom stereocenters. The topological polar surface area (TPSA) is 55.8 Å².